The lowest BCUT2D eigenvalue weighted by Gasteiger charge is -2.15. The molecule has 5 rings (SSSR count). The van der Waals surface area contributed by atoms with Gasteiger partial charge >= 0.3 is 0 Å². The number of amides is 1. The molecule has 0 aromatic heterocycles. The molecule has 0 aliphatic rings. The molecule has 0 radical (unpaired) electrons. The van der Waals surface area contributed by atoms with Crippen LogP contribution in [0.3, 0.4) is 0 Å². The van der Waals surface area contributed by atoms with Gasteiger partial charge in [0.05, 0.1) is 16.4 Å². The van der Waals surface area contributed by atoms with E-state index in [-0.39, 0.29) is 5.91 Å². The van der Waals surface area contributed by atoms with Crippen LogP contribution in [0.1, 0.15) is 28.4 Å². The van der Waals surface area contributed by atoms with Gasteiger partial charge in [0.25, 0.3) is 5.91 Å². The molecule has 0 spiro atoms. The van der Waals surface area contributed by atoms with Crippen molar-refractivity contribution in [3.8, 4) is 11.5 Å². The fourth-order valence-corrected chi connectivity index (χ4v) is 4.98. The summed E-state index contributed by atoms with van der Waals surface area (Å²) in [6.07, 6.45) is 1.61. The monoisotopic (exact) mass is 600 g/mol. The summed E-state index contributed by atoms with van der Waals surface area (Å²) in [4.78, 5) is 12.6. The minimum absolute atomic E-state index is 0.267. The standard InChI is InChI=1S/C31H25IN2O3/c1-2-36-29-17-21(19-33-34-31(35)25-15-14-22-8-3-4-10-24(22)18-25)16-28(32)30(29)37-20-26-12-7-11-23-9-5-6-13-27(23)26/h3-19H,2,20H2,1H3,(H,34,35)/b33-19-. The van der Waals surface area contributed by atoms with Gasteiger partial charge in [-0.25, -0.2) is 5.43 Å². The van der Waals surface area contributed by atoms with Crippen molar-refractivity contribution in [1.29, 1.82) is 0 Å². The van der Waals surface area contributed by atoms with E-state index < -0.39 is 0 Å². The van der Waals surface area contributed by atoms with E-state index in [1.807, 2.05) is 73.7 Å². The highest BCUT2D eigenvalue weighted by molar-refractivity contribution is 14.1. The average molecular weight is 600 g/mol. The van der Waals surface area contributed by atoms with Gasteiger partial charge < -0.3 is 9.47 Å². The molecule has 1 amide bonds. The molecular formula is C31H25IN2O3. The molecule has 0 fully saturated rings. The number of ether oxygens (including phenoxy) is 2. The Balaban J connectivity index is 1.31. The van der Waals surface area contributed by atoms with Crippen molar-refractivity contribution < 1.29 is 14.3 Å². The maximum absolute atomic E-state index is 12.6. The van der Waals surface area contributed by atoms with Crippen molar-refractivity contribution in [2.45, 2.75) is 13.5 Å². The van der Waals surface area contributed by atoms with Gasteiger partial charge in [-0.2, -0.15) is 5.10 Å². The summed E-state index contributed by atoms with van der Waals surface area (Å²) in [6.45, 7) is 2.86. The number of carbonyl (C=O) groups is 1. The Hall–Kier alpha value is -3.91. The predicted molar refractivity (Wildman–Crippen MR) is 158 cm³/mol. The zero-order valence-corrected chi connectivity index (χ0v) is 22.4. The first-order chi connectivity index (χ1) is 18.1. The molecular weight excluding hydrogens is 575 g/mol. The van der Waals surface area contributed by atoms with Gasteiger partial charge in [0, 0.05) is 5.56 Å². The van der Waals surface area contributed by atoms with Crippen molar-refractivity contribution in [1.82, 2.24) is 5.43 Å². The first-order valence-corrected chi connectivity index (χ1v) is 13.1. The molecule has 5 nitrogen and oxygen atoms in total. The Morgan fingerprint density at radius 1 is 0.865 bits per heavy atom. The Kier molecular flexibility index (Phi) is 7.65. The van der Waals surface area contributed by atoms with E-state index in [0.29, 0.717) is 30.3 Å². The van der Waals surface area contributed by atoms with Gasteiger partial charge in [-0.15, -0.1) is 0 Å². The minimum atomic E-state index is -0.267. The van der Waals surface area contributed by atoms with Crippen molar-refractivity contribution in [3.05, 3.63) is 117 Å². The smallest absolute Gasteiger partial charge is 0.271 e. The van der Waals surface area contributed by atoms with Gasteiger partial charge in [-0.1, -0.05) is 72.8 Å². The largest absolute Gasteiger partial charge is 0.490 e. The van der Waals surface area contributed by atoms with Crippen molar-refractivity contribution in [3.63, 3.8) is 0 Å². The van der Waals surface area contributed by atoms with E-state index in [1.54, 1.807) is 12.3 Å². The third-order valence-corrected chi connectivity index (χ3v) is 6.78. The molecule has 184 valence electrons. The van der Waals surface area contributed by atoms with Crippen molar-refractivity contribution in [2.24, 2.45) is 5.10 Å². The second kappa shape index (κ2) is 11.4. The van der Waals surface area contributed by atoms with Crippen LogP contribution < -0.4 is 14.9 Å². The maximum Gasteiger partial charge on any atom is 0.271 e. The van der Waals surface area contributed by atoms with Gasteiger partial charge in [-0.3, -0.25) is 4.79 Å². The molecule has 0 bridgehead atoms. The number of nitrogens with zero attached hydrogens (tertiary/aromatic N) is 1. The summed E-state index contributed by atoms with van der Waals surface area (Å²) in [5, 5.41) is 8.62. The maximum atomic E-state index is 12.6. The van der Waals surface area contributed by atoms with E-state index in [9.17, 15) is 4.79 Å². The van der Waals surface area contributed by atoms with Crippen LogP contribution in [0.4, 0.5) is 0 Å². The second-order valence-corrected chi connectivity index (χ2v) is 9.61. The lowest BCUT2D eigenvalue weighted by Crippen LogP contribution is -2.17. The third kappa shape index (κ3) is 5.75. The number of halogens is 1. The first-order valence-electron chi connectivity index (χ1n) is 12.0. The van der Waals surface area contributed by atoms with Crippen LogP contribution in [0.15, 0.2) is 102 Å². The summed E-state index contributed by atoms with van der Waals surface area (Å²) in [5.74, 6) is 1.06. The first kappa shape index (κ1) is 24.8. The molecule has 0 atom stereocenters. The molecule has 0 aliphatic carbocycles. The molecule has 1 N–H and O–H groups in total. The molecule has 5 aromatic rings. The zero-order chi connectivity index (χ0) is 25.6. The van der Waals surface area contributed by atoms with E-state index >= 15 is 0 Å². The van der Waals surface area contributed by atoms with E-state index in [1.165, 1.54) is 10.8 Å². The van der Waals surface area contributed by atoms with Crippen molar-refractivity contribution in [2.75, 3.05) is 6.61 Å². The summed E-state index contributed by atoms with van der Waals surface area (Å²) in [5.41, 5.74) is 5.08. The van der Waals surface area contributed by atoms with Crippen LogP contribution in [0.2, 0.25) is 0 Å². The molecule has 0 saturated heterocycles. The molecule has 0 aliphatic heterocycles. The molecule has 5 aromatic carbocycles. The summed E-state index contributed by atoms with van der Waals surface area (Å²) in [6, 6.07) is 31.8. The SMILES string of the molecule is CCOc1cc(/C=N\NC(=O)c2ccc3ccccc3c2)cc(I)c1OCc1cccc2ccccc12. The summed E-state index contributed by atoms with van der Waals surface area (Å²) in [7, 11) is 0. The van der Waals surface area contributed by atoms with Crippen LogP contribution in [0.25, 0.3) is 21.5 Å². The Bertz CT molecular complexity index is 1610. The number of fused-ring (bicyclic) bond motifs is 2. The van der Waals surface area contributed by atoms with E-state index in [4.69, 9.17) is 9.47 Å². The fourth-order valence-electron chi connectivity index (χ4n) is 4.19. The average Bonchev–Trinajstić information content (AvgIpc) is 2.92. The van der Waals surface area contributed by atoms with Gasteiger partial charge in [0.1, 0.15) is 6.61 Å². The number of nitrogens with one attached hydrogen (secondary N) is 1. The number of hydrazone groups is 1. The topological polar surface area (TPSA) is 59.9 Å². The molecule has 0 unspecified atom stereocenters. The normalized spacial score (nSPS) is 11.2. The van der Waals surface area contributed by atoms with Crippen LogP contribution in [0, 0.1) is 3.57 Å². The lowest BCUT2D eigenvalue weighted by molar-refractivity contribution is 0.0955. The summed E-state index contributed by atoms with van der Waals surface area (Å²) < 4.78 is 13.0. The number of hydrogen-bond acceptors (Lipinski definition) is 4. The molecule has 37 heavy (non-hydrogen) atoms. The van der Waals surface area contributed by atoms with Crippen molar-refractivity contribution >= 4 is 56.3 Å². The van der Waals surface area contributed by atoms with Crippen LogP contribution in [-0.2, 0) is 6.61 Å². The van der Waals surface area contributed by atoms with E-state index in [2.05, 4.69) is 57.4 Å². The number of carbonyl (C=O) groups excluding carboxylic acids is 1. The molecule has 6 heteroatoms. The highest BCUT2D eigenvalue weighted by Gasteiger charge is 2.13. The highest BCUT2D eigenvalue weighted by Crippen LogP contribution is 2.35. The van der Waals surface area contributed by atoms with Crippen LogP contribution in [-0.4, -0.2) is 18.7 Å². The Morgan fingerprint density at radius 2 is 1.62 bits per heavy atom. The van der Waals surface area contributed by atoms with Gasteiger partial charge in [-0.05, 0) is 86.5 Å². The molecule has 0 saturated carbocycles. The Labute approximate surface area is 229 Å². The molecule has 0 heterocycles. The highest BCUT2D eigenvalue weighted by atomic mass is 127. The predicted octanol–water partition coefficient (Wildman–Crippen LogP) is 7.34. The van der Waals surface area contributed by atoms with Crippen LogP contribution in [0.5, 0.6) is 11.5 Å². The second-order valence-electron chi connectivity index (χ2n) is 8.45. The fraction of sp³-hybridized carbons (Fsp3) is 0.0968. The van der Waals surface area contributed by atoms with Crippen LogP contribution >= 0.6 is 22.6 Å². The lowest BCUT2D eigenvalue weighted by atomic mass is 10.1. The Morgan fingerprint density at radius 3 is 2.46 bits per heavy atom. The van der Waals surface area contributed by atoms with E-state index in [0.717, 1.165) is 25.5 Å². The third-order valence-electron chi connectivity index (χ3n) is 5.98. The van der Waals surface area contributed by atoms with Gasteiger partial charge in [0.2, 0.25) is 0 Å². The quantitative estimate of drug-likeness (QED) is 0.115. The minimum Gasteiger partial charge on any atom is -0.490 e. The van der Waals surface area contributed by atoms with Gasteiger partial charge in [0.15, 0.2) is 11.5 Å². The summed E-state index contributed by atoms with van der Waals surface area (Å²) >= 11 is 2.24. The number of rotatable bonds is 8. The zero-order valence-electron chi connectivity index (χ0n) is 20.3. The number of hydrogen-bond donors (Lipinski definition) is 1. The number of benzene rings is 5.